The van der Waals surface area contributed by atoms with E-state index in [1.165, 1.54) is 25.3 Å². The van der Waals surface area contributed by atoms with Gasteiger partial charge in [-0.1, -0.05) is 23.7 Å². The molecule has 3 aliphatic heterocycles. The van der Waals surface area contributed by atoms with Crippen molar-refractivity contribution in [3.05, 3.63) is 61.8 Å². The molecule has 2 aromatic rings. The molecule has 0 unspecified atom stereocenters. The topological polar surface area (TPSA) is 144 Å². The van der Waals surface area contributed by atoms with Crippen LogP contribution in [0.4, 0.5) is 9.18 Å². The van der Waals surface area contributed by atoms with Gasteiger partial charge in [-0.15, -0.1) is 0 Å². The minimum Gasteiger partial charge on any atom is -0.451 e. The normalized spacial score (nSPS) is 18.6. The number of fused-ring (bicyclic) bond motifs is 2. The number of aromatic nitrogens is 1. The summed E-state index contributed by atoms with van der Waals surface area (Å²) in [6, 6.07) is 4.01. The number of ether oxygens (including phenoxy) is 6. The molecule has 1 aromatic heterocycles. The third-order valence-electron chi connectivity index (χ3n) is 7.37. The minimum absolute atomic E-state index is 0.0507. The molecule has 1 fully saturated rings. The molecule has 1 aromatic carbocycles. The molecule has 15 heteroatoms. The standard InChI is InChI=1S/C28H31ClFN3O10/c1-38-10-11-39-12-13-41-28(37)43-15-42-24-22-26(36)32-8-3-9-40-27(32)19-7-6-18(33(19)22)20(23(24)34)25(35)31-14-16-4-2-5-17(29)21(16)30/h2,4-5,19,27H,3,6-15H2,1H3,(H,31,35)/t19-,27+/m1/s1. The van der Waals surface area contributed by atoms with Gasteiger partial charge in [-0.25, -0.2) is 9.18 Å². The van der Waals surface area contributed by atoms with E-state index < -0.39 is 48.0 Å². The lowest BCUT2D eigenvalue weighted by Gasteiger charge is -2.44. The van der Waals surface area contributed by atoms with Crippen LogP contribution < -0.4 is 15.5 Å². The first-order valence-electron chi connectivity index (χ1n) is 13.8. The number of hydrogen-bond acceptors (Lipinski definition) is 10. The summed E-state index contributed by atoms with van der Waals surface area (Å²) in [5, 5.41) is 2.47. The van der Waals surface area contributed by atoms with Crippen molar-refractivity contribution in [3.8, 4) is 5.75 Å². The molecule has 0 bridgehead atoms. The average molecular weight is 624 g/mol. The predicted molar refractivity (Wildman–Crippen MR) is 147 cm³/mol. The molecule has 4 heterocycles. The van der Waals surface area contributed by atoms with Gasteiger partial charge < -0.3 is 43.2 Å². The van der Waals surface area contributed by atoms with Crippen molar-refractivity contribution in [2.24, 2.45) is 0 Å². The number of methoxy groups -OCH3 is 1. The van der Waals surface area contributed by atoms with Crippen LogP contribution in [0.25, 0.3) is 0 Å². The van der Waals surface area contributed by atoms with E-state index in [1.807, 2.05) is 0 Å². The number of nitrogens with zero attached hydrogens (tertiary/aromatic N) is 2. The van der Waals surface area contributed by atoms with E-state index in [2.05, 4.69) is 5.32 Å². The zero-order valence-electron chi connectivity index (χ0n) is 23.4. The lowest BCUT2D eigenvalue weighted by Crippen LogP contribution is -2.55. The van der Waals surface area contributed by atoms with Crippen LogP contribution in [0.15, 0.2) is 23.0 Å². The summed E-state index contributed by atoms with van der Waals surface area (Å²) in [4.78, 5) is 54.5. The van der Waals surface area contributed by atoms with Crippen molar-refractivity contribution in [1.29, 1.82) is 0 Å². The Balaban J connectivity index is 1.39. The van der Waals surface area contributed by atoms with Crippen LogP contribution in [-0.2, 0) is 36.6 Å². The first-order valence-corrected chi connectivity index (χ1v) is 14.1. The number of amides is 2. The Bertz CT molecular complexity index is 1450. The van der Waals surface area contributed by atoms with Crippen molar-refractivity contribution in [2.75, 3.05) is 53.5 Å². The zero-order valence-corrected chi connectivity index (χ0v) is 24.2. The summed E-state index contributed by atoms with van der Waals surface area (Å²) in [7, 11) is 1.53. The summed E-state index contributed by atoms with van der Waals surface area (Å²) in [6.07, 6.45) is -0.215. The first-order chi connectivity index (χ1) is 20.8. The third kappa shape index (κ3) is 6.32. The summed E-state index contributed by atoms with van der Waals surface area (Å²) in [6.45, 7) is 0.608. The number of carbonyl (C=O) groups is 3. The Morgan fingerprint density at radius 2 is 1.98 bits per heavy atom. The van der Waals surface area contributed by atoms with Crippen molar-refractivity contribution < 1.29 is 47.2 Å². The van der Waals surface area contributed by atoms with Crippen molar-refractivity contribution >= 4 is 29.6 Å². The van der Waals surface area contributed by atoms with Crippen LogP contribution in [0.2, 0.25) is 5.02 Å². The predicted octanol–water partition coefficient (Wildman–Crippen LogP) is 2.41. The Morgan fingerprint density at radius 1 is 1.16 bits per heavy atom. The Kier molecular flexibility index (Phi) is 9.80. The minimum atomic E-state index is -1.08. The van der Waals surface area contributed by atoms with Crippen molar-refractivity contribution in [3.63, 3.8) is 0 Å². The Hall–Kier alpha value is -3.72. The van der Waals surface area contributed by atoms with Crippen LogP contribution in [-0.4, -0.2) is 87.1 Å². The highest BCUT2D eigenvalue weighted by molar-refractivity contribution is 6.30. The highest BCUT2D eigenvalue weighted by Crippen LogP contribution is 2.42. The smallest absolute Gasteiger partial charge is 0.451 e. The first kappa shape index (κ1) is 30.7. The van der Waals surface area contributed by atoms with Crippen LogP contribution in [0.5, 0.6) is 5.75 Å². The van der Waals surface area contributed by atoms with Gasteiger partial charge >= 0.3 is 6.16 Å². The van der Waals surface area contributed by atoms with Gasteiger partial charge in [0, 0.05) is 31.5 Å². The largest absolute Gasteiger partial charge is 0.511 e. The van der Waals surface area contributed by atoms with E-state index in [1.54, 1.807) is 9.47 Å². The third-order valence-corrected chi connectivity index (χ3v) is 7.66. The van der Waals surface area contributed by atoms with Gasteiger partial charge in [0.05, 0.1) is 37.5 Å². The lowest BCUT2D eigenvalue weighted by molar-refractivity contribution is -0.109. The molecule has 1 saturated heterocycles. The number of pyridine rings is 1. The van der Waals surface area contributed by atoms with Crippen molar-refractivity contribution in [2.45, 2.75) is 38.1 Å². The highest BCUT2D eigenvalue weighted by Gasteiger charge is 2.48. The zero-order chi connectivity index (χ0) is 30.5. The molecule has 3 aliphatic rings. The number of nitrogens with one attached hydrogen (secondary N) is 1. The van der Waals surface area contributed by atoms with Crippen molar-refractivity contribution in [1.82, 2.24) is 14.8 Å². The summed E-state index contributed by atoms with van der Waals surface area (Å²) >= 11 is 5.86. The fraction of sp³-hybridized carbons (Fsp3) is 0.500. The molecule has 2 amide bonds. The van der Waals surface area contributed by atoms with Crippen LogP contribution >= 0.6 is 11.6 Å². The fourth-order valence-electron chi connectivity index (χ4n) is 5.46. The molecule has 0 saturated carbocycles. The van der Waals surface area contributed by atoms with Gasteiger partial charge in [0.15, 0.2) is 11.9 Å². The maximum atomic E-state index is 14.4. The number of halogens is 2. The highest BCUT2D eigenvalue weighted by atomic mass is 35.5. The molecule has 232 valence electrons. The monoisotopic (exact) mass is 623 g/mol. The molecule has 0 spiro atoms. The Labute approximate surface area is 250 Å². The van der Waals surface area contributed by atoms with E-state index in [-0.39, 0.29) is 47.6 Å². The van der Waals surface area contributed by atoms with Gasteiger partial charge in [-0.2, -0.15) is 0 Å². The fourth-order valence-corrected chi connectivity index (χ4v) is 5.66. The molecule has 43 heavy (non-hydrogen) atoms. The SMILES string of the molecule is COCCOCCOC(=O)OCOc1c2n3c(c(C(=O)NCc4cccc(Cl)c4F)c1=O)CC[C@@H]3[C@@H]1OCCCN1C2=O. The van der Waals surface area contributed by atoms with E-state index in [0.29, 0.717) is 51.3 Å². The van der Waals surface area contributed by atoms with Gasteiger partial charge in [0.25, 0.3) is 11.8 Å². The summed E-state index contributed by atoms with van der Waals surface area (Å²) in [5.41, 5.74) is -0.694. The van der Waals surface area contributed by atoms with Crippen LogP contribution in [0.3, 0.4) is 0 Å². The van der Waals surface area contributed by atoms with Crippen LogP contribution in [0, 0.1) is 5.82 Å². The number of benzene rings is 1. The molecule has 1 N–H and O–H groups in total. The second-order valence-corrected chi connectivity index (χ2v) is 10.3. The second kappa shape index (κ2) is 13.7. The number of rotatable bonds is 12. The van der Waals surface area contributed by atoms with E-state index in [0.717, 1.165) is 0 Å². The maximum Gasteiger partial charge on any atom is 0.511 e. The maximum absolute atomic E-state index is 14.4. The Morgan fingerprint density at radius 3 is 2.79 bits per heavy atom. The average Bonchev–Trinajstić information content (AvgIpc) is 3.43. The molecular weight excluding hydrogens is 593 g/mol. The number of carbonyl (C=O) groups excluding carboxylic acids is 3. The quantitative estimate of drug-likeness (QED) is 0.213. The van der Waals surface area contributed by atoms with E-state index in [9.17, 15) is 23.6 Å². The summed E-state index contributed by atoms with van der Waals surface area (Å²) in [5.74, 6) is -2.42. The molecular formula is C28H31ClFN3O10. The summed E-state index contributed by atoms with van der Waals surface area (Å²) < 4.78 is 47.5. The second-order valence-electron chi connectivity index (χ2n) is 9.92. The molecule has 13 nitrogen and oxygen atoms in total. The lowest BCUT2D eigenvalue weighted by atomic mass is 10.1. The van der Waals surface area contributed by atoms with Gasteiger partial charge in [-0.3, -0.25) is 14.4 Å². The van der Waals surface area contributed by atoms with Gasteiger partial charge in [0.1, 0.15) is 18.0 Å². The van der Waals surface area contributed by atoms with Gasteiger partial charge in [-0.05, 0) is 25.3 Å². The molecule has 0 aliphatic carbocycles. The molecule has 5 rings (SSSR count). The molecule has 0 radical (unpaired) electrons. The van der Waals surface area contributed by atoms with Gasteiger partial charge in [0.2, 0.25) is 18.0 Å². The van der Waals surface area contributed by atoms with E-state index in [4.69, 9.17) is 40.0 Å². The van der Waals surface area contributed by atoms with Crippen LogP contribution in [0.1, 0.15) is 51.0 Å². The van der Waals surface area contributed by atoms with E-state index >= 15 is 0 Å². The molecule has 2 atom stereocenters. The number of hydrogen-bond donors (Lipinski definition) is 1.